The van der Waals surface area contributed by atoms with Crippen LogP contribution in [0.15, 0.2) is 84.2 Å². The molecule has 8 aromatic rings. The van der Waals surface area contributed by atoms with Gasteiger partial charge >= 0.3 is 0 Å². The van der Waals surface area contributed by atoms with Crippen LogP contribution in [0.3, 0.4) is 0 Å². The SMILES string of the molecule is c1csc(-c2cc3c(c(-c4nc5ccccc5s4)c2-c2cccc4snnc24)OC(c2cccc4n[nH]nc24)O3)c1. The number of aromatic amines is 1. The Morgan fingerprint density at radius 1 is 0.756 bits per heavy atom. The monoisotopic (exact) mass is 588 g/mol. The van der Waals surface area contributed by atoms with E-state index in [0.29, 0.717) is 17.0 Å². The highest BCUT2D eigenvalue weighted by Gasteiger charge is 2.36. The van der Waals surface area contributed by atoms with Crippen molar-refractivity contribution in [2.75, 3.05) is 0 Å². The summed E-state index contributed by atoms with van der Waals surface area (Å²) in [4.78, 5) is 6.21. The number of H-pyrrole nitrogens is 1. The minimum absolute atomic E-state index is 0.644. The van der Waals surface area contributed by atoms with Crippen LogP contribution in [0, 0.1) is 0 Å². The highest BCUT2D eigenvalue weighted by atomic mass is 32.1. The van der Waals surface area contributed by atoms with Gasteiger partial charge in [0.1, 0.15) is 21.6 Å². The molecule has 4 aromatic heterocycles. The van der Waals surface area contributed by atoms with Gasteiger partial charge in [0.05, 0.1) is 26.0 Å². The number of thiophene rings is 1. The topological polar surface area (TPSA) is 98.7 Å². The van der Waals surface area contributed by atoms with E-state index in [9.17, 15) is 0 Å². The van der Waals surface area contributed by atoms with E-state index >= 15 is 0 Å². The summed E-state index contributed by atoms with van der Waals surface area (Å²) in [5, 5.41) is 18.8. The molecule has 0 fully saturated rings. The minimum atomic E-state index is -0.699. The smallest absolute Gasteiger partial charge is 0.270 e. The van der Waals surface area contributed by atoms with Crippen LogP contribution in [-0.4, -0.2) is 30.0 Å². The van der Waals surface area contributed by atoms with E-state index in [0.717, 1.165) is 63.7 Å². The van der Waals surface area contributed by atoms with Gasteiger partial charge in [-0.2, -0.15) is 15.4 Å². The number of para-hydroxylation sites is 2. The van der Waals surface area contributed by atoms with Crippen molar-refractivity contribution in [1.82, 2.24) is 30.0 Å². The van der Waals surface area contributed by atoms with E-state index in [1.807, 2.05) is 42.5 Å². The largest absolute Gasteiger partial charge is 0.447 e. The summed E-state index contributed by atoms with van der Waals surface area (Å²) in [6.45, 7) is 0. The Morgan fingerprint density at radius 2 is 1.66 bits per heavy atom. The maximum absolute atomic E-state index is 6.71. The van der Waals surface area contributed by atoms with Crippen molar-refractivity contribution in [3.05, 3.63) is 89.8 Å². The second-order valence-corrected chi connectivity index (χ2v) is 12.3. The Morgan fingerprint density at radius 3 is 2.59 bits per heavy atom. The second kappa shape index (κ2) is 8.90. The third kappa shape index (κ3) is 3.53. The quantitative estimate of drug-likeness (QED) is 0.222. The molecule has 0 radical (unpaired) electrons. The van der Waals surface area contributed by atoms with Crippen LogP contribution in [0.5, 0.6) is 11.5 Å². The fourth-order valence-electron chi connectivity index (χ4n) is 5.39. The first-order valence-electron chi connectivity index (χ1n) is 12.8. The van der Waals surface area contributed by atoms with E-state index in [2.05, 4.69) is 66.8 Å². The predicted octanol–water partition coefficient (Wildman–Crippen LogP) is 8.10. The molecule has 4 aromatic carbocycles. The normalized spacial score (nSPS) is 14.5. The molecule has 11 heteroatoms. The number of benzene rings is 4. The summed E-state index contributed by atoms with van der Waals surface area (Å²) in [6, 6.07) is 26.4. The number of fused-ring (bicyclic) bond motifs is 4. The number of rotatable bonds is 4. The van der Waals surface area contributed by atoms with Crippen LogP contribution >= 0.6 is 34.2 Å². The van der Waals surface area contributed by atoms with E-state index in [1.165, 1.54) is 11.5 Å². The predicted molar refractivity (Wildman–Crippen MR) is 163 cm³/mol. The third-order valence-corrected chi connectivity index (χ3v) is 9.83. The second-order valence-electron chi connectivity index (χ2n) is 9.50. The number of hydrogen-bond donors (Lipinski definition) is 1. The average Bonchev–Trinajstić information content (AvgIpc) is 3.84. The van der Waals surface area contributed by atoms with Crippen LogP contribution in [0.2, 0.25) is 0 Å². The molecule has 8 nitrogen and oxygen atoms in total. The van der Waals surface area contributed by atoms with Crippen LogP contribution in [-0.2, 0) is 0 Å². The maximum atomic E-state index is 6.71. The molecule has 0 amide bonds. The highest BCUT2D eigenvalue weighted by Crippen LogP contribution is 2.56. The van der Waals surface area contributed by atoms with Gasteiger partial charge in [-0.25, -0.2) is 4.98 Å². The molecule has 5 heterocycles. The third-order valence-electron chi connectivity index (χ3n) is 7.18. The van der Waals surface area contributed by atoms with Gasteiger partial charge < -0.3 is 9.47 Å². The van der Waals surface area contributed by atoms with Gasteiger partial charge in [0, 0.05) is 21.6 Å². The molecule has 1 aliphatic rings. The lowest BCUT2D eigenvalue weighted by Crippen LogP contribution is -2.08. The molecule has 0 aliphatic carbocycles. The number of ether oxygens (including phenoxy) is 2. The molecule has 0 spiro atoms. The van der Waals surface area contributed by atoms with Crippen molar-refractivity contribution >= 4 is 65.7 Å². The van der Waals surface area contributed by atoms with E-state index in [4.69, 9.17) is 14.5 Å². The summed E-state index contributed by atoms with van der Waals surface area (Å²) < 4.78 is 19.7. The zero-order valence-corrected chi connectivity index (χ0v) is 23.4. The summed E-state index contributed by atoms with van der Waals surface area (Å²) >= 11 is 4.70. The molecule has 0 saturated heterocycles. The van der Waals surface area contributed by atoms with Gasteiger partial charge in [0.15, 0.2) is 11.5 Å². The molecule has 0 bridgehead atoms. The summed E-state index contributed by atoms with van der Waals surface area (Å²) in [5.41, 5.74) is 7.91. The van der Waals surface area contributed by atoms with Crippen molar-refractivity contribution in [2.45, 2.75) is 6.29 Å². The molecule has 1 N–H and O–H groups in total. The van der Waals surface area contributed by atoms with E-state index in [-0.39, 0.29) is 0 Å². The zero-order valence-electron chi connectivity index (χ0n) is 20.9. The van der Waals surface area contributed by atoms with Gasteiger partial charge in [-0.15, -0.1) is 27.8 Å². The summed E-state index contributed by atoms with van der Waals surface area (Å²) in [7, 11) is 0. The number of hydrogen-bond acceptors (Lipinski definition) is 10. The minimum Gasteiger partial charge on any atom is -0.447 e. The number of aromatic nitrogens is 6. The zero-order chi connectivity index (χ0) is 26.9. The first kappa shape index (κ1) is 23.0. The molecule has 9 rings (SSSR count). The fraction of sp³-hybridized carbons (Fsp3) is 0.0333. The Balaban J connectivity index is 1.36. The van der Waals surface area contributed by atoms with Crippen molar-refractivity contribution in [3.8, 4) is 43.6 Å². The van der Waals surface area contributed by atoms with Crippen LogP contribution in [0.4, 0.5) is 0 Å². The fourth-order valence-corrected chi connectivity index (χ4v) is 7.74. The number of nitrogens with one attached hydrogen (secondary N) is 1. The van der Waals surface area contributed by atoms with Crippen LogP contribution in [0.1, 0.15) is 11.9 Å². The molecule has 0 saturated carbocycles. The Bertz CT molecular complexity index is 2220. The lowest BCUT2D eigenvalue weighted by Gasteiger charge is -2.16. The van der Waals surface area contributed by atoms with Crippen molar-refractivity contribution < 1.29 is 9.47 Å². The van der Waals surface area contributed by atoms with Crippen LogP contribution < -0.4 is 9.47 Å². The Labute approximate surface area is 244 Å². The standard InChI is InChI=1S/C30H16N6O2S3/c1-2-10-22-18(8-1)31-29(40-22)25-24(15-6-4-11-23-27(15)34-36-41-23)17(21-12-5-13-39-21)14-20-28(25)38-30(37-20)16-7-3-9-19-26(16)33-35-32-19/h1-14,30H,(H,32,33,35). The molecule has 196 valence electrons. The molecule has 1 unspecified atom stereocenters. The number of thiazole rings is 1. The molecular formula is C30H16N6O2S3. The maximum Gasteiger partial charge on any atom is 0.270 e. The van der Waals surface area contributed by atoms with Gasteiger partial charge in [-0.1, -0.05) is 40.9 Å². The van der Waals surface area contributed by atoms with Crippen molar-refractivity contribution in [2.24, 2.45) is 0 Å². The van der Waals surface area contributed by atoms with Gasteiger partial charge in [0.2, 0.25) is 0 Å². The molecule has 41 heavy (non-hydrogen) atoms. The van der Waals surface area contributed by atoms with Gasteiger partial charge in [0.25, 0.3) is 6.29 Å². The van der Waals surface area contributed by atoms with E-state index in [1.54, 1.807) is 22.7 Å². The highest BCUT2D eigenvalue weighted by molar-refractivity contribution is 7.21. The molecule has 1 atom stereocenters. The van der Waals surface area contributed by atoms with Gasteiger partial charge in [-0.05, 0) is 59.4 Å². The molecule has 1 aliphatic heterocycles. The first-order valence-corrected chi connectivity index (χ1v) is 15.2. The van der Waals surface area contributed by atoms with E-state index < -0.39 is 6.29 Å². The number of nitrogens with zero attached hydrogens (tertiary/aromatic N) is 5. The Kier molecular flexibility index (Phi) is 5.00. The lowest BCUT2D eigenvalue weighted by atomic mass is 9.91. The van der Waals surface area contributed by atoms with Crippen molar-refractivity contribution in [3.63, 3.8) is 0 Å². The van der Waals surface area contributed by atoms with Gasteiger partial charge in [-0.3, -0.25) is 0 Å². The van der Waals surface area contributed by atoms with Crippen molar-refractivity contribution in [1.29, 1.82) is 0 Å². The average molecular weight is 589 g/mol. The molecular weight excluding hydrogens is 573 g/mol. The summed E-state index contributed by atoms with van der Waals surface area (Å²) in [5.74, 6) is 1.30. The van der Waals surface area contributed by atoms with Crippen LogP contribution in [0.25, 0.3) is 63.6 Å². The summed E-state index contributed by atoms with van der Waals surface area (Å²) in [6.07, 6.45) is -0.699. The first-order chi connectivity index (χ1) is 20.3. The lowest BCUT2D eigenvalue weighted by molar-refractivity contribution is 0.0502. The Hall–Kier alpha value is -4.71.